The minimum Gasteiger partial charge on any atom is -0.443 e. The summed E-state index contributed by atoms with van der Waals surface area (Å²) in [6, 6.07) is 6.28. The molecule has 2 N–H and O–H groups in total. The molecule has 102 valence electrons. The molecule has 2 aromatic heterocycles. The molecule has 20 heavy (non-hydrogen) atoms. The van der Waals surface area contributed by atoms with Crippen molar-refractivity contribution in [3.63, 3.8) is 0 Å². The maximum absolute atomic E-state index is 6.06. The fourth-order valence-corrected chi connectivity index (χ4v) is 2.99. The van der Waals surface area contributed by atoms with Crippen molar-refractivity contribution in [2.45, 2.75) is 32.4 Å². The molecule has 0 aliphatic carbocycles. The Morgan fingerprint density at radius 2 is 2.30 bits per heavy atom. The maximum atomic E-state index is 6.06. The number of aryl methyl sites for hydroxylation is 1. The fourth-order valence-electron chi connectivity index (χ4n) is 2.99. The summed E-state index contributed by atoms with van der Waals surface area (Å²) < 4.78 is 7.63. The van der Waals surface area contributed by atoms with E-state index in [1.807, 2.05) is 19.1 Å². The number of hydrogen-bond acceptors (Lipinski definition) is 4. The largest absolute Gasteiger partial charge is 0.443 e. The molecule has 1 atom stereocenters. The Labute approximate surface area is 116 Å². The number of imidazole rings is 1. The van der Waals surface area contributed by atoms with E-state index in [4.69, 9.17) is 15.1 Å². The van der Waals surface area contributed by atoms with Crippen molar-refractivity contribution in [3.05, 3.63) is 36.1 Å². The molecule has 0 bridgehead atoms. The first-order valence-electron chi connectivity index (χ1n) is 6.87. The zero-order chi connectivity index (χ0) is 13.7. The number of nitrogens with zero attached hydrogens (tertiary/aromatic N) is 3. The van der Waals surface area contributed by atoms with E-state index in [2.05, 4.69) is 15.6 Å². The van der Waals surface area contributed by atoms with Crippen LogP contribution in [0.15, 0.2) is 29.0 Å². The zero-order valence-electron chi connectivity index (χ0n) is 11.3. The van der Waals surface area contributed by atoms with Gasteiger partial charge >= 0.3 is 0 Å². The van der Waals surface area contributed by atoms with E-state index in [1.165, 1.54) is 12.1 Å². The van der Waals surface area contributed by atoms with E-state index in [0.717, 1.165) is 47.6 Å². The van der Waals surface area contributed by atoms with Gasteiger partial charge in [-0.3, -0.25) is 0 Å². The van der Waals surface area contributed by atoms with Crippen LogP contribution in [-0.2, 0) is 13.0 Å². The highest BCUT2D eigenvalue weighted by Crippen LogP contribution is 2.30. The Bertz CT molecular complexity index is 786. The van der Waals surface area contributed by atoms with E-state index in [-0.39, 0.29) is 6.04 Å². The van der Waals surface area contributed by atoms with Gasteiger partial charge in [-0.05, 0) is 31.9 Å². The summed E-state index contributed by atoms with van der Waals surface area (Å²) in [5, 5.41) is 0. The molecule has 0 spiro atoms. The number of benzene rings is 1. The smallest absolute Gasteiger partial charge is 0.181 e. The lowest BCUT2D eigenvalue weighted by molar-refractivity contribution is 0.454. The van der Waals surface area contributed by atoms with Crippen LogP contribution in [0.4, 0.5) is 0 Å². The van der Waals surface area contributed by atoms with Crippen LogP contribution in [0.5, 0.6) is 0 Å². The third kappa shape index (κ3) is 1.67. The van der Waals surface area contributed by atoms with Gasteiger partial charge in [0.25, 0.3) is 0 Å². The molecule has 5 heteroatoms. The van der Waals surface area contributed by atoms with Gasteiger partial charge < -0.3 is 14.7 Å². The van der Waals surface area contributed by atoms with Gasteiger partial charge in [-0.15, -0.1) is 0 Å². The zero-order valence-corrected chi connectivity index (χ0v) is 11.3. The third-order valence-electron chi connectivity index (χ3n) is 4.04. The highest BCUT2D eigenvalue weighted by atomic mass is 16.3. The van der Waals surface area contributed by atoms with Crippen LogP contribution in [0, 0.1) is 6.92 Å². The lowest BCUT2D eigenvalue weighted by atomic mass is 10.0. The predicted octanol–water partition coefficient (Wildman–Crippen LogP) is 2.27. The van der Waals surface area contributed by atoms with Gasteiger partial charge in [-0.1, -0.05) is 6.07 Å². The van der Waals surface area contributed by atoms with Crippen molar-refractivity contribution in [3.8, 4) is 11.3 Å². The van der Waals surface area contributed by atoms with Crippen molar-refractivity contribution in [2.75, 3.05) is 0 Å². The van der Waals surface area contributed by atoms with Crippen molar-refractivity contribution >= 4 is 11.1 Å². The molecule has 1 aliphatic rings. The molecule has 0 amide bonds. The van der Waals surface area contributed by atoms with Crippen molar-refractivity contribution in [1.29, 1.82) is 0 Å². The fraction of sp³-hybridized carbons (Fsp3) is 0.333. The molecule has 4 rings (SSSR count). The summed E-state index contributed by atoms with van der Waals surface area (Å²) in [6.45, 7) is 2.90. The molecule has 1 unspecified atom stereocenters. The second kappa shape index (κ2) is 4.18. The molecular formula is C15H16N4O. The second-order valence-corrected chi connectivity index (χ2v) is 5.40. The summed E-state index contributed by atoms with van der Waals surface area (Å²) in [5.74, 6) is 1.03. The van der Waals surface area contributed by atoms with E-state index >= 15 is 0 Å². The van der Waals surface area contributed by atoms with Gasteiger partial charge in [0, 0.05) is 23.8 Å². The van der Waals surface area contributed by atoms with Gasteiger partial charge in [0.1, 0.15) is 11.3 Å². The van der Waals surface area contributed by atoms with Crippen LogP contribution in [0.1, 0.15) is 17.9 Å². The monoisotopic (exact) mass is 268 g/mol. The van der Waals surface area contributed by atoms with E-state index < -0.39 is 0 Å². The Balaban J connectivity index is 1.87. The minimum atomic E-state index is 0.236. The number of aromatic nitrogens is 3. The van der Waals surface area contributed by atoms with Gasteiger partial charge in [-0.25, -0.2) is 9.97 Å². The number of hydrogen-bond donors (Lipinski definition) is 1. The lowest BCUT2D eigenvalue weighted by Gasteiger charge is -2.22. The van der Waals surface area contributed by atoms with Crippen LogP contribution in [-0.4, -0.2) is 20.6 Å². The average molecular weight is 268 g/mol. The van der Waals surface area contributed by atoms with E-state index in [9.17, 15) is 0 Å². The molecule has 1 aromatic carbocycles. The van der Waals surface area contributed by atoms with Crippen molar-refractivity contribution in [2.24, 2.45) is 5.73 Å². The number of fused-ring (bicyclic) bond motifs is 2. The molecule has 0 fully saturated rings. The van der Waals surface area contributed by atoms with Gasteiger partial charge in [0.05, 0.1) is 5.69 Å². The van der Waals surface area contributed by atoms with Gasteiger partial charge in [0.15, 0.2) is 12.0 Å². The second-order valence-electron chi connectivity index (χ2n) is 5.40. The maximum Gasteiger partial charge on any atom is 0.181 e. The number of nitrogens with two attached hydrogens (primary N) is 1. The van der Waals surface area contributed by atoms with Gasteiger partial charge in [0.2, 0.25) is 0 Å². The quantitative estimate of drug-likeness (QED) is 0.735. The summed E-state index contributed by atoms with van der Waals surface area (Å²) in [4.78, 5) is 8.88. The van der Waals surface area contributed by atoms with Crippen LogP contribution >= 0.6 is 0 Å². The normalized spacial score (nSPS) is 18.4. The lowest BCUT2D eigenvalue weighted by Crippen LogP contribution is -2.32. The first-order valence-corrected chi connectivity index (χ1v) is 6.87. The number of oxazole rings is 1. The Hall–Kier alpha value is -2.14. The van der Waals surface area contributed by atoms with Crippen LogP contribution in [0.25, 0.3) is 22.4 Å². The first-order chi connectivity index (χ1) is 9.72. The molecule has 0 saturated heterocycles. The predicted molar refractivity (Wildman–Crippen MR) is 76.3 cm³/mol. The highest BCUT2D eigenvalue weighted by Gasteiger charge is 2.22. The Morgan fingerprint density at radius 1 is 1.40 bits per heavy atom. The van der Waals surface area contributed by atoms with Crippen molar-refractivity contribution in [1.82, 2.24) is 14.5 Å². The van der Waals surface area contributed by atoms with E-state index in [0.29, 0.717) is 0 Å². The standard InChI is InChI=1S/C15H16N4O/c1-9-18-15(13-5-3-11(16)7-19(9)13)10-2-4-12-14(6-10)20-8-17-12/h2,4,6,8,11H,3,5,7,16H2,1H3. The molecule has 1 aliphatic heterocycles. The van der Waals surface area contributed by atoms with Crippen LogP contribution in [0.3, 0.4) is 0 Å². The van der Waals surface area contributed by atoms with E-state index in [1.54, 1.807) is 0 Å². The molecular weight excluding hydrogens is 252 g/mol. The third-order valence-corrected chi connectivity index (χ3v) is 4.04. The van der Waals surface area contributed by atoms with Crippen LogP contribution < -0.4 is 5.73 Å². The summed E-state index contributed by atoms with van der Waals surface area (Å²) in [6.07, 6.45) is 3.47. The molecule has 3 heterocycles. The molecule has 0 saturated carbocycles. The summed E-state index contributed by atoms with van der Waals surface area (Å²) in [7, 11) is 0. The molecule has 3 aromatic rings. The highest BCUT2D eigenvalue weighted by molar-refractivity contribution is 5.79. The van der Waals surface area contributed by atoms with Crippen molar-refractivity contribution < 1.29 is 4.42 Å². The molecule has 5 nitrogen and oxygen atoms in total. The van der Waals surface area contributed by atoms with Gasteiger partial charge in [-0.2, -0.15) is 0 Å². The molecule has 0 radical (unpaired) electrons. The number of rotatable bonds is 1. The SMILES string of the molecule is Cc1nc(-c2ccc3ncoc3c2)c2n1CC(N)CC2. The first kappa shape index (κ1) is 11.7. The Kier molecular flexibility index (Phi) is 2.44. The Morgan fingerprint density at radius 3 is 3.20 bits per heavy atom. The van der Waals surface area contributed by atoms with Crippen LogP contribution in [0.2, 0.25) is 0 Å². The topological polar surface area (TPSA) is 69.9 Å². The summed E-state index contributed by atoms with van der Waals surface area (Å²) in [5.41, 5.74) is 11.1. The summed E-state index contributed by atoms with van der Waals surface area (Å²) >= 11 is 0. The minimum absolute atomic E-state index is 0.236. The average Bonchev–Trinajstić information content (AvgIpc) is 3.03.